The van der Waals surface area contributed by atoms with Crippen LogP contribution in [0.15, 0.2) is 0 Å². The van der Waals surface area contributed by atoms with Crippen LogP contribution in [0.25, 0.3) is 0 Å². The lowest BCUT2D eigenvalue weighted by Crippen LogP contribution is -2.45. The number of nitrogens with zero attached hydrogens (tertiary/aromatic N) is 1. The molecule has 0 bridgehead atoms. The molecule has 14 heavy (non-hydrogen) atoms. The molecule has 1 saturated heterocycles. The van der Waals surface area contributed by atoms with Crippen molar-refractivity contribution >= 4 is 5.91 Å². The average Bonchev–Trinajstić information content (AvgIpc) is 2.44. The van der Waals surface area contributed by atoms with E-state index in [2.05, 4.69) is 13.8 Å². The standard InChI is InChI=1S/C11H22N2O/c1-7(2)10(12)11(14)13-5-8(3)9(4)6-13/h7-10H,5-6,12H2,1-4H3. The average molecular weight is 198 g/mol. The van der Waals surface area contributed by atoms with Crippen molar-refractivity contribution in [3.05, 3.63) is 0 Å². The quantitative estimate of drug-likeness (QED) is 0.722. The molecule has 1 rings (SSSR count). The first-order chi connectivity index (χ1) is 6.43. The summed E-state index contributed by atoms with van der Waals surface area (Å²) in [5.74, 6) is 1.57. The Labute approximate surface area is 86.6 Å². The van der Waals surface area contributed by atoms with Crippen molar-refractivity contribution in [2.45, 2.75) is 33.7 Å². The van der Waals surface area contributed by atoms with Gasteiger partial charge in [0, 0.05) is 13.1 Å². The van der Waals surface area contributed by atoms with Crippen LogP contribution in [0.5, 0.6) is 0 Å². The summed E-state index contributed by atoms with van der Waals surface area (Å²) in [6, 6.07) is -0.326. The van der Waals surface area contributed by atoms with Gasteiger partial charge >= 0.3 is 0 Å². The molecule has 1 fully saturated rings. The van der Waals surface area contributed by atoms with E-state index in [0.29, 0.717) is 11.8 Å². The maximum atomic E-state index is 11.9. The Morgan fingerprint density at radius 3 is 2.07 bits per heavy atom. The second kappa shape index (κ2) is 4.30. The molecule has 0 aromatic rings. The van der Waals surface area contributed by atoms with Gasteiger partial charge in [-0.2, -0.15) is 0 Å². The first-order valence-electron chi connectivity index (χ1n) is 5.47. The summed E-state index contributed by atoms with van der Waals surface area (Å²) >= 11 is 0. The van der Waals surface area contributed by atoms with E-state index in [0.717, 1.165) is 13.1 Å². The number of carbonyl (C=O) groups is 1. The lowest BCUT2D eigenvalue weighted by molar-refractivity contribution is -0.132. The van der Waals surface area contributed by atoms with E-state index in [9.17, 15) is 4.79 Å². The minimum Gasteiger partial charge on any atom is -0.341 e. The Morgan fingerprint density at radius 2 is 1.71 bits per heavy atom. The van der Waals surface area contributed by atoms with E-state index in [4.69, 9.17) is 5.73 Å². The zero-order valence-electron chi connectivity index (χ0n) is 9.66. The number of amides is 1. The van der Waals surface area contributed by atoms with Crippen LogP contribution in [0, 0.1) is 17.8 Å². The van der Waals surface area contributed by atoms with E-state index < -0.39 is 0 Å². The summed E-state index contributed by atoms with van der Waals surface area (Å²) in [6.45, 7) is 10.1. The molecular weight excluding hydrogens is 176 g/mol. The fraction of sp³-hybridized carbons (Fsp3) is 0.909. The van der Waals surface area contributed by atoms with Crippen molar-refractivity contribution in [3.63, 3.8) is 0 Å². The van der Waals surface area contributed by atoms with Gasteiger partial charge in [-0.15, -0.1) is 0 Å². The van der Waals surface area contributed by atoms with Gasteiger partial charge in [0.2, 0.25) is 5.91 Å². The highest BCUT2D eigenvalue weighted by Gasteiger charge is 2.32. The Balaban J connectivity index is 2.55. The highest BCUT2D eigenvalue weighted by atomic mass is 16.2. The van der Waals surface area contributed by atoms with Crippen LogP contribution in [0.2, 0.25) is 0 Å². The summed E-state index contributed by atoms with van der Waals surface area (Å²) in [4.78, 5) is 13.8. The van der Waals surface area contributed by atoms with E-state index in [1.54, 1.807) is 0 Å². The first-order valence-corrected chi connectivity index (χ1v) is 5.47. The van der Waals surface area contributed by atoms with Crippen molar-refractivity contribution < 1.29 is 4.79 Å². The summed E-state index contributed by atoms with van der Waals surface area (Å²) in [7, 11) is 0. The van der Waals surface area contributed by atoms with Crippen molar-refractivity contribution in [1.82, 2.24) is 4.90 Å². The Hall–Kier alpha value is -0.570. The van der Waals surface area contributed by atoms with Crippen LogP contribution in [0.1, 0.15) is 27.7 Å². The van der Waals surface area contributed by atoms with Gasteiger partial charge < -0.3 is 10.6 Å². The SMILES string of the molecule is CC(C)C(N)C(=O)N1CC(C)C(C)C1. The molecule has 1 amide bonds. The molecule has 1 aliphatic rings. The molecule has 3 atom stereocenters. The molecule has 0 aromatic carbocycles. The molecule has 3 nitrogen and oxygen atoms in total. The summed E-state index contributed by atoms with van der Waals surface area (Å²) in [5.41, 5.74) is 5.84. The van der Waals surface area contributed by atoms with Gasteiger partial charge in [-0.1, -0.05) is 27.7 Å². The van der Waals surface area contributed by atoms with Crippen LogP contribution in [-0.4, -0.2) is 29.9 Å². The third-order valence-corrected chi connectivity index (χ3v) is 3.30. The van der Waals surface area contributed by atoms with E-state index in [1.165, 1.54) is 0 Å². The highest BCUT2D eigenvalue weighted by molar-refractivity contribution is 5.82. The summed E-state index contributed by atoms with van der Waals surface area (Å²) < 4.78 is 0. The van der Waals surface area contributed by atoms with Crippen LogP contribution in [0.4, 0.5) is 0 Å². The summed E-state index contributed by atoms with van der Waals surface area (Å²) in [6.07, 6.45) is 0. The van der Waals surface area contributed by atoms with E-state index >= 15 is 0 Å². The monoisotopic (exact) mass is 198 g/mol. The highest BCUT2D eigenvalue weighted by Crippen LogP contribution is 2.23. The summed E-state index contributed by atoms with van der Waals surface area (Å²) in [5, 5.41) is 0. The topological polar surface area (TPSA) is 46.3 Å². The number of nitrogens with two attached hydrogens (primary N) is 1. The van der Waals surface area contributed by atoms with Crippen molar-refractivity contribution in [3.8, 4) is 0 Å². The largest absolute Gasteiger partial charge is 0.341 e. The molecule has 3 unspecified atom stereocenters. The van der Waals surface area contributed by atoms with Gasteiger partial charge in [0.05, 0.1) is 6.04 Å². The van der Waals surface area contributed by atoms with Gasteiger partial charge in [0.15, 0.2) is 0 Å². The fourth-order valence-electron chi connectivity index (χ4n) is 1.81. The zero-order valence-corrected chi connectivity index (χ0v) is 9.66. The molecular formula is C11H22N2O. The lowest BCUT2D eigenvalue weighted by atomic mass is 10.0. The van der Waals surface area contributed by atoms with Crippen LogP contribution >= 0.6 is 0 Å². The van der Waals surface area contributed by atoms with Gasteiger partial charge in [0.25, 0.3) is 0 Å². The molecule has 0 aliphatic carbocycles. The fourth-order valence-corrected chi connectivity index (χ4v) is 1.81. The van der Waals surface area contributed by atoms with E-state index in [1.807, 2.05) is 18.7 Å². The molecule has 0 radical (unpaired) electrons. The molecule has 1 heterocycles. The number of hydrogen-bond donors (Lipinski definition) is 1. The smallest absolute Gasteiger partial charge is 0.239 e. The third kappa shape index (κ3) is 2.27. The van der Waals surface area contributed by atoms with Crippen molar-refractivity contribution in [1.29, 1.82) is 0 Å². The second-order valence-corrected chi connectivity index (χ2v) is 4.97. The van der Waals surface area contributed by atoms with E-state index in [-0.39, 0.29) is 17.9 Å². The van der Waals surface area contributed by atoms with Gasteiger partial charge in [0.1, 0.15) is 0 Å². The molecule has 0 aromatic heterocycles. The van der Waals surface area contributed by atoms with Crippen molar-refractivity contribution in [2.24, 2.45) is 23.5 Å². The van der Waals surface area contributed by atoms with Crippen molar-refractivity contribution in [2.75, 3.05) is 13.1 Å². The Bertz CT molecular complexity index is 205. The normalized spacial score (nSPS) is 29.7. The minimum absolute atomic E-state index is 0.121. The molecule has 82 valence electrons. The molecule has 0 spiro atoms. The second-order valence-electron chi connectivity index (χ2n) is 4.97. The zero-order chi connectivity index (χ0) is 10.9. The van der Waals surface area contributed by atoms with Crippen LogP contribution < -0.4 is 5.73 Å². The number of carbonyl (C=O) groups excluding carboxylic acids is 1. The molecule has 2 N–H and O–H groups in total. The van der Waals surface area contributed by atoms with Crippen LogP contribution in [0.3, 0.4) is 0 Å². The van der Waals surface area contributed by atoms with Gasteiger partial charge in [-0.05, 0) is 17.8 Å². The number of hydrogen-bond acceptors (Lipinski definition) is 2. The maximum Gasteiger partial charge on any atom is 0.239 e. The lowest BCUT2D eigenvalue weighted by Gasteiger charge is -2.22. The number of rotatable bonds is 2. The number of likely N-dealkylation sites (tertiary alicyclic amines) is 1. The maximum absolute atomic E-state index is 11.9. The Kier molecular flexibility index (Phi) is 3.53. The van der Waals surface area contributed by atoms with Gasteiger partial charge in [-0.25, -0.2) is 0 Å². The molecule has 3 heteroatoms. The Morgan fingerprint density at radius 1 is 1.29 bits per heavy atom. The van der Waals surface area contributed by atoms with Gasteiger partial charge in [-0.3, -0.25) is 4.79 Å². The molecule has 1 aliphatic heterocycles. The predicted molar refractivity (Wildman–Crippen MR) is 57.7 cm³/mol. The van der Waals surface area contributed by atoms with Crippen LogP contribution in [-0.2, 0) is 4.79 Å². The predicted octanol–water partition coefficient (Wildman–Crippen LogP) is 1.08. The molecule has 0 saturated carbocycles. The first kappa shape index (κ1) is 11.5. The third-order valence-electron chi connectivity index (χ3n) is 3.30. The minimum atomic E-state index is -0.326.